The number of aromatic nitrogens is 1. The number of rotatable bonds is 4. The van der Waals surface area contributed by atoms with Crippen LogP contribution in [0.2, 0.25) is 0 Å². The minimum absolute atomic E-state index is 0.0449. The predicted molar refractivity (Wildman–Crippen MR) is 110 cm³/mol. The van der Waals surface area contributed by atoms with Gasteiger partial charge in [-0.05, 0) is 49.1 Å². The van der Waals surface area contributed by atoms with Crippen LogP contribution in [-0.2, 0) is 11.3 Å². The van der Waals surface area contributed by atoms with Gasteiger partial charge in [-0.25, -0.2) is 4.79 Å². The molecule has 2 aromatic rings. The molecule has 0 fully saturated rings. The number of carbonyl (C=O) groups excluding carboxylic acids is 2. The van der Waals surface area contributed by atoms with Gasteiger partial charge >= 0.3 is 6.03 Å². The first-order valence-electron chi connectivity index (χ1n) is 9.07. The lowest BCUT2D eigenvalue weighted by molar-refractivity contribution is -0.113. The molecule has 146 valence electrons. The molecule has 1 aromatic heterocycles. The third-order valence-electron chi connectivity index (χ3n) is 4.99. The van der Waals surface area contributed by atoms with E-state index in [0.29, 0.717) is 17.6 Å². The molecule has 1 aliphatic carbocycles. The van der Waals surface area contributed by atoms with Gasteiger partial charge in [0.05, 0.1) is 6.04 Å². The lowest BCUT2D eigenvalue weighted by atomic mass is 10.0. The summed E-state index contributed by atoms with van der Waals surface area (Å²) in [6, 6.07) is 6.79. The first kappa shape index (κ1) is 19.9. The number of amides is 2. The third kappa shape index (κ3) is 3.73. The Bertz CT molecular complexity index is 1050. The standard InChI is InChI=1S/C21H22ClN3O3/c1-4-25-12-17(15-7-5-6-8-16(15)20(25)27)13(2)24(3)21(28)23-14-9-10-19(26)18(22)11-14/h5-13,18H,4H2,1-3H3,(H,23,28). The number of carbonyl (C=O) groups is 2. The minimum Gasteiger partial charge on any atom is -0.321 e. The molecule has 0 radical (unpaired) electrons. The molecule has 3 rings (SSSR count). The van der Waals surface area contributed by atoms with Crippen LogP contribution in [0.1, 0.15) is 25.5 Å². The van der Waals surface area contributed by atoms with E-state index in [9.17, 15) is 14.4 Å². The fourth-order valence-corrected chi connectivity index (χ4v) is 3.39. The highest BCUT2D eigenvalue weighted by Crippen LogP contribution is 2.26. The van der Waals surface area contributed by atoms with Crippen LogP contribution in [-0.4, -0.2) is 33.7 Å². The van der Waals surface area contributed by atoms with Crippen molar-refractivity contribution >= 4 is 34.2 Å². The van der Waals surface area contributed by atoms with Crippen molar-refractivity contribution < 1.29 is 9.59 Å². The van der Waals surface area contributed by atoms with Gasteiger partial charge in [0, 0.05) is 30.9 Å². The number of hydrogen-bond acceptors (Lipinski definition) is 3. The number of allylic oxidation sites excluding steroid dienone is 3. The van der Waals surface area contributed by atoms with E-state index < -0.39 is 5.38 Å². The van der Waals surface area contributed by atoms with Gasteiger partial charge in [0.2, 0.25) is 0 Å². The fraction of sp³-hybridized carbons (Fsp3) is 0.286. The van der Waals surface area contributed by atoms with Crippen molar-refractivity contribution in [2.75, 3.05) is 7.05 Å². The molecule has 2 unspecified atom stereocenters. The predicted octanol–water partition coefficient (Wildman–Crippen LogP) is 3.35. The van der Waals surface area contributed by atoms with Crippen LogP contribution in [0.5, 0.6) is 0 Å². The summed E-state index contributed by atoms with van der Waals surface area (Å²) in [6.45, 7) is 4.36. The van der Waals surface area contributed by atoms with Gasteiger partial charge in [0.15, 0.2) is 5.78 Å². The largest absolute Gasteiger partial charge is 0.322 e. The minimum atomic E-state index is -0.778. The smallest absolute Gasteiger partial charge is 0.321 e. The lowest BCUT2D eigenvalue weighted by Gasteiger charge is -2.27. The normalized spacial score (nSPS) is 17.4. The maximum atomic E-state index is 12.7. The maximum absolute atomic E-state index is 12.7. The Morgan fingerprint density at radius 1 is 1.25 bits per heavy atom. The molecule has 0 saturated heterocycles. The van der Waals surface area contributed by atoms with Crippen LogP contribution >= 0.6 is 11.6 Å². The van der Waals surface area contributed by atoms with Crippen LogP contribution in [0.25, 0.3) is 10.8 Å². The van der Waals surface area contributed by atoms with E-state index in [2.05, 4.69) is 5.32 Å². The molecule has 1 heterocycles. The van der Waals surface area contributed by atoms with Crippen molar-refractivity contribution in [3.8, 4) is 0 Å². The van der Waals surface area contributed by atoms with Crippen molar-refractivity contribution in [3.05, 3.63) is 70.3 Å². The number of hydrogen-bond donors (Lipinski definition) is 1. The first-order chi connectivity index (χ1) is 13.3. The summed E-state index contributed by atoms with van der Waals surface area (Å²) in [4.78, 5) is 38.3. The topological polar surface area (TPSA) is 71.4 Å². The van der Waals surface area contributed by atoms with Crippen molar-refractivity contribution in [1.29, 1.82) is 0 Å². The molecule has 28 heavy (non-hydrogen) atoms. The van der Waals surface area contributed by atoms with Crippen molar-refractivity contribution in [1.82, 2.24) is 14.8 Å². The Kier molecular flexibility index (Phi) is 5.70. The van der Waals surface area contributed by atoms with Crippen LogP contribution in [0, 0.1) is 0 Å². The quantitative estimate of drug-likeness (QED) is 0.801. The molecule has 2 atom stereocenters. The molecular formula is C21H22ClN3O3. The monoisotopic (exact) mass is 399 g/mol. The second-order valence-corrected chi connectivity index (χ2v) is 7.17. The van der Waals surface area contributed by atoms with E-state index >= 15 is 0 Å². The summed E-state index contributed by atoms with van der Waals surface area (Å²) in [7, 11) is 1.69. The molecular weight excluding hydrogens is 378 g/mol. The number of benzene rings is 1. The van der Waals surface area contributed by atoms with Gasteiger partial charge in [-0.15, -0.1) is 11.6 Å². The zero-order chi connectivity index (χ0) is 20.4. The molecule has 0 aliphatic heterocycles. The van der Waals surface area contributed by atoms with Crippen LogP contribution in [0.4, 0.5) is 4.79 Å². The highest BCUT2D eigenvalue weighted by Gasteiger charge is 2.22. The molecule has 1 aliphatic rings. The summed E-state index contributed by atoms with van der Waals surface area (Å²) in [5.74, 6) is -0.213. The second kappa shape index (κ2) is 8.02. The number of nitrogens with zero attached hydrogens (tertiary/aromatic N) is 2. The molecule has 0 bridgehead atoms. The SMILES string of the molecule is CCn1cc(C(C)N(C)C(=O)NC2=CC(Cl)C(=O)C=C2)c2ccccc2c1=O. The Balaban J connectivity index is 1.90. The zero-order valence-electron chi connectivity index (χ0n) is 16.0. The lowest BCUT2D eigenvalue weighted by Crippen LogP contribution is -2.39. The highest BCUT2D eigenvalue weighted by molar-refractivity contribution is 6.34. The van der Waals surface area contributed by atoms with Crippen LogP contribution < -0.4 is 10.9 Å². The van der Waals surface area contributed by atoms with E-state index in [4.69, 9.17) is 11.6 Å². The van der Waals surface area contributed by atoms with E-state index in [1.165, 1.54) is 18.2 Å². The number of aryl methyl sites for hydroxylation is 1. The third-order valence-corrected chi connectivity index (χ3v) is 5.33. The summed E-state index contributed by atoms with van der Waals surface area (Å²) in [5.41, 5.74) is 1.32. The number of alkyl halides is 1. The molecule has 0 spiro atoms. The Hall–Kier alpha value is -2.86. The second-order valence-electron chi connectivity index (χ2n) is 6.70. The maximum Gasteiger partial charge on any atom is 0.322 e. The number of nitrogens with one attached hydrogen (secondary N) is 1. The Labute approximate surface area is 168 Å². The average Bonchev–Trinajstić information content (AvgIpc) is 2.70. The number of urea groups is 1. The average molecular weight is 400 g/mol. The van der Waals surface area contributed by atoms with Crippen LogP contribution in [0.15, 0.2) is 59.2 Å². The molecule has 0 saturated carbocycles. The van der Waals surface area contributed by atoms with Gasteiger partial charge in [0.1, 0.15) is 5.38 Å². The Morgan fingerprint density at radius 2 is 1.93 bits per heavy atom. The number of halogens is 1. The molecule has 1 aromatic carbocycles. The highest BCUT2D eigenvalue weighted by atomic mass is 35.5. The molecule has 6 nitrogen and oxygen atoms in total. The summed E-state index contributed by atoms with van der Waals surface area (Å²) < 4.78 is 1.65. The summed E-state index contributed by atoms with van der Waals surface area (Å²) >= 11 is 5.92. The van der Waals surface area contributed by atoms with Gasteiger partial charge in [-0.1, -0.05) is 18.2 Å². The van der Waals surface area contributed by atoms with Crippen molar-refractivity contribution in [2.45, 2.75) is 31.8 Å². The fourth-order valence-electron chi connectivity index (χ4n) is 3.18. The number of pyridine rings is 1. The van der Waals surface area contributed by atoms with Crippen molar-refractivity contribution in [2.24, 2.45) is 0 Å². The van der Waals surface area contributed by atoms with Gasteiger partial charge < -0.3 is 14.8 Å². The summed E-state index contributed by atoms with van der Waals surface area (Å²) in [5, 5.41) is 3.44. The van der Waals surface area contributed by atoms with Crippen molar-refractivity contribution in [3.63, 3.8) is 0 Å². The molecule has 2 amide bonds. The molecule has 1 N–H and O–H groups in total. The van der Waals surface area contributed by atoms with Gasteiger partial charge in [0.25, 0.3) is 5.56 Å². The van der Waals surface area contributed by atoms with Gasteiger partial charge in [-0.3, -0.25) is 9.59 Å². The molecule has 7 heteroatoms. The van der Waals surface area contributed by atoms with E-state index in [1.54, 1.807) is 22.6 Å². The number of fused-ring (bicyclic) bond motifs is 1. The number of ketones is 1. The first-order valence-corrected chi connectivity index (χ1v) is 9.50. The van der Waals surface area contributed by atoms with E-state index in [-0.39, 0.29) is 23.4 Å². The Morgan fingerprint density at radius 3 is 2.57 bits per heavy atom. The summed E-state index contributed by atoms with van der Waals surface area (Å²) in [6.07, 6.45) is 6.20. The van der Waals surface area contributed by atoms with Crippen LogP contribution in [0.3, 0.4) is 0 Å². The zero-order valence-corrected chi connectivity index (χ0v) is 16.7. The van der Waals surface area contributed by atoms with E-state index in [0.717, 1.165) is 10.9 Å². The van der Waals surface area contributed by atoms with Gasteiger partial charge in [-0.2, -0.15) is 0 Å². The van der Waals surface area contributed by atoms with E-state index in [1.807, 2.05) is 38.2 Å².